The molecule has 166 valence electrons. The third-order valence-corrected chi connectivity index (χ3v) is 7.01. The van der Waals surface area contributed by atoms with Crippen LogP contribution in [0.1, 0.15) is 63.5 Å². The van der Waals surface area contributed by atoms with E-state index in [9.17, 15) is 14.7 Å². The number of hydrogen-bond donors (Lipinski definition) is 2. The number of piperidine rings is 2. The molecule has 2 unspecified atom stereocenters. The van der Waals surface area contributed by atoms with Crippen LogP contribution in [0.25, 0.3) is 10.9 Å². The summed E-state index contributed by atoms with van der Waals surface area (Å²) in [6.07, 6.45) is 4.27. The lowest BCUT2D eigenvalue weighted by Crippen LogP contribution is -2.50. The highest BCUT2D eigenvalue weighted by atomic mass is 16.3. The van der Waals surface area contributed by atoms with Crippen molar-refractivity contribution in [3.8, 4) is 0 Å². The fourth-order valence-corrected chi connectivity index (χ4v) is 5.21. The first kappa shape index (κ1) is 21.9. The van der Waals surface area contributed by atoms with Gasteiger partial charge in [0, 0.05) is 37.0 Å². The molecule has 2 amide bonds. The van der Waals surface area contributed by atoms with Crippen molar-refractivity contribution in [1.82, 2.24) is 15.2 Å². The summed E-state index contributed by atoms with van der Waals surface area (Å²) < 4.78 is 0. The SMILES string of the molecule is CCN1CCC(O)(c2ccc3ncc(C4CCC(=O)NC4=O)cc3c2)[C@H](CC(C)C)C1. The van der Waals surface area contributed by atoms with E-state index in [1.165, 1.54) is 0 Å². The average molecular weight is 424 g/mol. The first-order valence-corrected chi connectivity index (χ1v) is 11.5. The number of fused-ring (bicyclic) bond motifs is 1. The zero-order valence-electron chi connectivity index (χ0n) is 18.7. The van der Waals surface area contributed by atoms with Crippen LogP contribution in [-0.4, -0.2) is 46.4 Å². The Morgan fingerprint density at radius 2 is 2.10 bits per heavy atom. The molecule has 2 N–H and O–H groups in total. The van der Waals surface area contributed by atoms with Crippen LogP contribution in [0.4, 0.5) is 0 Å². The number of pyridine rings is 1. The van der Waals surface area contributed by atoms with Crippen molar-refractivity contribution >= 4 is 22.7 Å². The predicted octanol–water partition coefficient (Wildman–Crippen LogP) is 3.33. The summed E-state index contributed by atoms with van der Waals surface area (Å²) in [4.78, 5) is 30.8. The van der Waals surface area contributed by atoms with Crippen LogP contribution in [-0.2, 0) is 15.2 Å². The summed E-state index contributed by atoms with van der Waals surface area (Å²) in [5.41, 5.74) is 1.73. The molecule has 2 fully saturated rings. The van der Waals surface area contributed by atoms with E-state index in [0.29, 0.717) is 25.2 Å². The van der Waals surface area contributed by atoms with E-state index in [4.69, 9.17) is 0 Å². The van der Waals surface area contributed by atoms with E-state index in [1.54, 1.807) is 6.20 Å². The molecule has 2 saturated heterocycles. The van der Waals surface area contributed by atoms with Gasteiger partial charge in [-0.25, -0.2) is 0 Å². The Kier molecular flexibility index (Phi) is 6.13. The molecule has 2 aromatic rings. The molecule has 0 aliphatic carbocycles. The molecule has 0 saturated carbocycles. The summed E-state index contributed by atoms with van der Waals surface area (Å²) >= 11 is 0. The number of aliphatic hydroxyl groups is 1. The molecule has 6 nitrogen and oxygen atoms in total. The standard InChI is InChI=1S/C25H33N3O3/c1-4-28-10-9-25(31,20(15-28)11-16(2)3)19-5-7-22-17(13-19)12-18(14-26-22)21-6-8-23(29)27-24(21)30/h5,7,12-14,16,20-21,31H,4,6,8-11,15H2,1-3H3,(H,27,29,30)/t20-,21?,25?/m1/s1. The minimum absolute atomic E-state index is 0.171. The summed E-state index contributed by atoms with van der Waals surface area (Å²) in [6, 6.07) is 8.02. The fourth-order valence-electron chi connectivity index (χ4n) is 5.21. The van der Waals surface area contributed by atoms with Gasteiger partial charge in [-0.15, -0.1) is 0 Å². The summed E-state index contributed by atoms with van der Waals surface area (Å²) in [5, 5.41) is 15.2. The van der Waals surface area contributed by atoms with Crippen molar-refractivity contribution in [3.63, 3.8) is 0 Å². The van der Waals surface area contributed by atoms with E-state index >= 15 is 0 Å². The summed E-state index contributed by atoms with van der Waals surface area (Å²) in [5.74, 6) is -0.146. The second-order valence-corrected chi connectivity index (χ2v) is 9.57. The Balaban J connectivity index is 1.68. The van der Waals surface area contributed by atoms with Gasteiger partial charge in [-0.1, -0.05) is 26.8 Å². The minimum atomic E-state index is -0.866. The maximum Gasteiger partial charge on any atom is 0.234 e. The molecule has 3 heterocycles. The van der Waals surface area contributed by atoms with Gasteiger partial charge in [0.15, 0.2) is 0 Å². The molecule has 2 aliphatic heterocycles. The Morgan fingerprint density at radius 3 is 2.81 bits per heavy atom. The van der Waals surface area contributed by atoms with Crippen LogP contribution in [0.15, 0.2) is 30.5 Å². The van der Waals surface area contributed by atoms with Gasteiger partial charge in [0.25, 0.3) is 0 Å². The van der Waals surface area contributed by atoms with E-state index in [-0.39, 0.29) is 23.7 Å². The van der Waals surface area contributed by atoms with Gasteiger partial charge in [0.2, 0.25) is 11.8 Å². The number of carbonyl (C=O) groups is 2. The maximum absolute atomic E-state index is 12.3. The molecule has 1 aromatic heterocycles. The number of rotatable bonds is 5. The Labute approximate surface area is 184 Å². The molecular weight excluding hydrogens is 390 g/mol. The second kappa shape index (κ2) is 8.67. The summed E-state index contributed by atoms with van der Waals surface area (Å²) in [6.45, 7) is 9.38. The highest BCUT2D eigenvalue weighted by Gasteiger charge is 2.42. The van der Waals surface area contributed by atoms with E-state index < -0.39 is 5.60 Å². The monoisotopic (exact) mass is 423 g/mol. The summed E-state index contributed by atoms with van der Waals surface area (Å²) in [7, 11) is 0. The second-order valence-electron chi connectivity index (χ2n) is 9.57. The Bertz CT molecular complexity index is 989. The van der Waals surface area contributed by atoms with Gasteiger partial charge in [0.05, 0.1) is 17.0 Å². The molecule has 2 aliphatic rings. The van der Waals surface area contributed by atoms with Crippen LogP contribution in [0.3, 0.4) is 0 Å². The average Bonchev–Trinajstić information content (AvgIpc) is 2.74. The lowest BCUT2D eigenvalue weighted by molar-refractivity contribution is -0.134. The van der Waals surface area contributed by atoms with Gasteiger partial charge in [-0.05, 0) is 61.1 Å². The van der Waals surface area contributed by atoms with Crippen molar-refractivity contribution < 1.29 is 14.7 Å². The molecule has 31 heavy (non-hydrogen) atoms. The van der Waals surface area contributed by atoms with Gasteiger partial charge in [-0.2, -0.15) is 0 Å². The fraction of sp³-hybridized carbons (Fsp3) is 0.560. The molecule has 6 heteroatoms. The number of carbonyl (C=O) groups excluding carboxylic acids is 2. The molecule has 0 spiro atoms. The largest absolute Gasteiger partial charge is 0.385 e. The molecule has 0 radical (unpaired) electrons. The maximum atomic E-state index is 12.3. The quantitative estimate of drug-likeness (QED) is 0.721. The van der Waals surface area contributed by atoms with Crippen LogP contribution < -0.4 is 5.32 Å². The molecule has 0 bridgehead atoms. The molecule has 4 rings (SSSR count). The van der Waals surface area contributed by atoms with Gasteiger partial charge < -0.3 is 10.0 Å². The number of amides is 2. The zero-order valence-corrected chi connectivity index (χ0v) is 18.7. The minimum Gasteiger partial charge on any atom is -0.385 e. The predicted molar refractivity (Wildman–Crippen MR) is 120 cm³/mol. The van der Waals surface area contributed by atoms with E-state index in [0.717, 1.165) is 48.1 Å². The number of benzene rings is 1. The zero-order chi connectivity index (χ0) is 22.2. The van der Waals surface area contributed by atoms with E-state index in [2.05, 4.69) is 36.0 Å². The smallest absolute Gasteiger partial charge is 0.234 e. The van der Waals surface area contributed by atoms with Crippen LogP contribution in [0, 0.1) is 11.8 Å². The van der Waals surface area contributed by atoms with E-state index in [1.807, 2.05) is 24.3 Å². The number of nitrogens with zero attached hydrogens (tertiary/aromatic N) is 2. The molecule has 1 aromatic carbocycles. The number of imide groups is 1. The number of hydrogen-bond acceptors (Lipinski definition) is 5. The normalized spacial score (nSPS) is 27.6. The highest BCUT2D eigenvalue weighted by molar-refractivity contribution is 6.01. The first-order valence-electron chi connectivity index (χ1n) is 11.5. The van der Waals surface area contributed by atoms with Crippen molar-refractivity contribution in [2.75, 3.05) is 19.6 Å². The first-order chi connectivity index (χ1) is 14.8. The van der Waals surface area contributed by atoms with Gasteiger partial charge in [0.1, 0.15) is 0 Å². The lowest BCUT2D eigenvalue weighted by atomic mass is 9.72. The number of nitrogens with one attached hydrogen (secondary N) is 1. The Morgan fingerprint density at radius 1 is 1.29 bits per heavy atom. The number of likely N-dealkylation sites (tertiary alicyclic amines) is 1. The highest BCUT2D eigenvalue weighted by Crippen LogP contribution is 2.41. The van der Waals surface area contributed by atoms with Gasteiger partial charge >= 0.3 is 0 Å². The van der Waals surface area contributed by atoms with Crippen LogP contribution in [0.5, 0.6) is 0 Å². The molecular formula is C25H33N3O3. The molecule has 3 atom stereocenters. The third-order valence-electron chi connectivity index (χ3n) is 7.01. The Hall–Kier alpha value is -2.31. The van der Waals surface area contributed by atoms with Crippen molar-refractivity contribution in [1.29, 1.82) is 0 Å². The van der Waals surface area contributed by atoms with Crippen LogP contribution in [0.2, 0.25) is 0 Å². The topological polar surface area (TPSA) is 82.5 Å². The third kappa shape index (κ3) is 4.37. The van der Waals surface area contributed by atoms with Crippen LogP contribution >= 0.6 is 0 Å². The van der Waals surface area contributed by atoms with Crippen molar-refractivity contribution in [3.05, 3.63) is 41.6 Å². The van der Waals surface area contributed by atoms with Crippen molar-refractivity contribution in [2.24, 2.45) is 11.8 Å². The number of aromatic nitrogens is 1. The lowest BCUT2D eigenvalue weighted by Gasteiger charge is -2.45. The van der Waals surface area contributed by atoms with Crippen molar-refractivity contribution in [2.45, 2.75) is 58.0 Å². The van der Waals surface area contributed by atoms with Gasteiger partial charge in [-0.3, -0.25) is 19.9 Å².